The van der Waals surface area contributed by atoms with Crippen LogP contribution in [-0.4, -0.2) is 34.3 Å². The largest absolute Gasteiger partial charge is 0.328 e. The first-order valence-electron chi connectivity index (χ1n) is 10.4. The topological polar surface area (TPSA) is 79.3 Å². The number of piperidine rings is 1. The number of hydrogen-bond acceptors (Lipinski definition) is 3. The van der Waals surface area contributed by atoms with Crippen molar-refractivity contribution in [3.8, 4) is 0 Å². The van der Waals surface area contributed by atoms with Gasteiger partial charge in [0.25, 0.3) is 5.91 Å². The lowest BCUT2D eigenvalue weighted by Gasteiger charge is -2.33. The summed E-state index contributed by atoms with van der Waals surface area (Å²) >= 11 is 0. The monoisotopic (exact) mass is 395 g/mol. The van der Waals surface area contributed by atoms with Crippen LogP contribution in [0.1, 0.15) is 45.6 Å². The molecule has 4 rings (SSSR count). The van der Waals surface area contributed by atoms with Gasteiger partial charge in [0.05, 0.1) is 11.7 Å². The summed E-state index contributed by atoms with van der Waals surface area (Å²) in [5, 5.41) is 10.4. The number of hydrogen-bond donors (Lipinski definition) is 2. The standard InChI is InChI=1S/C22H29N5O2/c1-4-27-18(12-13-23-27)26-14-8-11-17(19(26)28)24-20(29)25-22(15-21(22,2)3)16-9-6-5-7-10-16/h5-7,9-10,12-13,17H,4,8,11,14-15H2,1-3H3,(H2,24,25,29). The van der Waals surface area contributed by atoms with E-state index in [0.717, 1.165) is 24.2 Å². The molecule has 2 aromatic rings. The molecule has 2 heterocycles. The number of aryl methyl sites for hydroxylation is 1. The summed E-state index contributed by atoms with van der Waals surface area (Å²) in [7, 11) is 0. The lowest BCUT2D eigenvalue weighted by Crippen LogP contribution is -2.56. The molecule has 2 fully saturated rings. The van der Waals surface area contributed by atoms with E-state index in [-0.39, 0.29) is 17.4 Å². The number of benzene rings is 1. The van der Waals surface area contributed by atoms with Gasteiger partial charge in [-0.1, -0.05) is 44.2 Å². The summed E-state index contributed by atoms with van der Waals surface area (Å²) in [6.07, 6.45) is 4.05. The number of nitrogens with zero attached hydrogens (tertiary/aromatic N) is 3. The summed E-state index contributed by atoms with van der Waals surface area (Å²) in [6.45, 7) is 7.64. The molecule has 1 saturated carbocycles. The normalized spacial score (nSPS) is 25.6. The van der Waals surface area contributed by atoms with Crippen LogP contribution in [0.4, 0.5) is 10.6 Å². The Morgan fingerprint density at radius 2 is 1.97 bits per heavy atom. The fourth-order valence-corrected chi connectivity index (χ4v) is 4.54. The van der Waals surface area contributed by atoms with Crippen molar-refractivity contribution in [3.63, 3.8) is 0 Å². The summed E-state index contributed by atoms with van der Waals surface area (Å²) in [6, 6.07) is 11.1. The van der Waals surface area contributed by atoms with Crippen molar-refractivity contribution in [2.45, 2.75) is 58.2 Å². The third kappa shape index (κ3) is 3.39. The van der Waals surface area contributed by atoms with Gasteiger partial charge in [0, 0.05) is 19.2 Å². The fourth-order valence-electron chi connectivity index (χ4n) is 4.54. The number of carbonyl (C=O) groups is 2. The second-order valence-electron chi connectivity index (χ2n) is 8.62. The smallest absolute Gasteiger partial charge is 0.316 e. The second-order valence-corrected chi connectivity index (χ2v) is 8.62. The van der Waals surface area contributed by atoms with Gasteiger partial charge in [-0.05, 0) is 37.2 Å². The highest BCUT2D eigenvalue weighted by Crippen LogP contribution is 2.62. The Bertz CT molecular complexity index is 907. The van der Waals surface area contributed by atoms with Crippen LogP contribution in [0.25, 0.3) is 0 Å². The van der Waals surface area contributed by atoms with Crippen molar-refractivity contribution in [1.29, 1.82) is 0 Å². The molecule has 1 aromatic carbocycles. The predicted octanol–water partition coefficient (Wildman–Crippen LogP) is 3.02. The highest BCUT2D eigenvalue weighted by molar-refractivity contribution is 5.99. The Kier molecular flexibility index (Phi) is 4.84. The summed E-state index contributed by atoms with van der Waals surface area (Å²) in [5.74, 6) is 0.707. The van der Waals surface area contributed by atoms with E-state index in [1.165, 1.54) is 0 Å². The van der Waals surface area contributed by atoms with Crippen LogP contribution >= 0.6 is 0 Å². The molecule has 0 radical (unpaired) electrons. The molecule has 3 amide bonds. The van der Waals surface area contributed by atoms with Gasteiger partial charge in [-0.15, -0.1) is 0 Å². The van der Waals surface area contributed by atoms with E-state index in [1.807, 2.05) is 31.2 Å². The maximum atomic E-state index is 13.0. The number of aromatic nitrogens is 2. The van der Waals surface area contributed by atoms with Crippen LogP contribution in [0.3, 0.4) is 0 Å². The molecule has 2 aliphatic rings. The SMILES string of the molecule is CCn1nccc1N1CCCC(NC(=O)NC2(c3ccccc3)CC2(C)C)C1=O. The van der Waals surface area contributed by atoms with E-state index in [9.17, 15) is 9.59 Å². The number of urea groups is 1. The van der Waals surface area contributed by atoms with Crippen LogP contribution in [0.15, 0.2) is 42.6 Å². The predicted molar refractivity (Wildman–Crippen MR) is 111 cm³/mol. The number of amides is 3. The minimum absolute atomic E-state index is 0.0259. The number of nitrogens with one attached hydrogen (secondary N) is 2. The van der Waals surface area contributed by atoms with Crippen molar-refractivity contribution in [3.05, 3.63) is 48.2 Å². The quantitative estimate of drug-likeness (QED) is 0.817. The third-order valence-corrected chi connectivity index (χ3v) is 6.35. The zero-order valence-electron chi connectivity index (χ0n) is 17.3. The molecule has 7 heteroatoms. The Morgan fingerprint density at radius 1 is 1.24 bits per heavy atom. The Balaban J connectivity index is 1.46. The molecule has 29 heavy (non-hydrogen) atoms. The molecule has 0 spiro atoms. The van der Waals surface area contributed by atoms with Gasteiger partial charge in [0.15, 0.2) is 0 Å². The number of anilines is 1. The number of rotatable bonds is 5. The minimum atomic E-state index is -0.529. The van der Waals surface area contributed by atoms with E-state index in [1.54, 1.807) is 15.8 Å². The molecule has 2 atom stereocenters. The molecular weight excluding hydrogens is 366 g/mol. The zero-order chi connectivity index (χ0) is 20.6. The molecular formula is C22H29N5O2. The number of carbonyl (C=O) groups excluding carboxylic acids is 2. The van der Waals surface area contributed by atoms with Gasteiger partial charge in [0.1, 0.15) is 11.9 Å². The van der Waals surface area contributed by atoms with Crippen molar-refractivity contribution < 1.29 is 9.59 Å². The first-order valence-corrected chi connectivity index (χ1v) is 10.4. The summed E-state index contributed by atoms with van der Waals surface area (Å²) in [4.78, 5) is 27.7. The van der Waals surface area contributed by atoms with Gasteiger partial charge >= 0.3 is 6.03 Å². The van der Waals surface area contributed by atoms with Crippen LogP contribution in [-0.2, 0) is 16.9 Å². The fraction of sp³-hybridized carbons (Fsp3) is 0.500. The van der Waals surface area contributed by atoms with Gasteiger partial charge in [-0.2, -0.15) is 5.10 Å². The van der Waals surface area contributed by atoms with Crippen LogP contribution < -0.4 is 15.5 Å². The van der Waals surface area contributed by atoms with E-state index in [0.29, 0.717) is 19.5 Å². The molecule has 154 valence electrons. The second kappa shape index (κ2) is 7.21. The lowest BCUT2D eigenvalue weighted by molar-refractivity contribution is -0.121. The van der Waals surface area contributed by atoms with E-state index >= 15 is 0 Å². The molecule has 1 aromatic heterocycles. The Labute approximate surface area is 171 Å². The van der Waals surface area contributed by atoms with Gasteiger partial charge in [-0.3, -0.25) is 9.69 Å². The summed E-state index contributed by atoms with van der Waals surface area (Å²) in [5.41, 5.74) is 0.682. The average molecular weight is 396 g/mol. The molecule has 1 saturated heterocycles. The third-order valence-electron chi connectivity index (χ3n) is 6.35. The first kappa shape index (κ1) is 19.5. The van der Waals surface area contributed by atoms with E-state index < -0.39 is 11.6 Å². The molecule has 1 aliphatic heterocycles. The van der Waals surface area contributed by atoms with Crippen molar-refractivity contribution in [2.24, 2.45) is 5.41 Å². The zero-order valence-corrected chi connectivity index (χ0v) is 17.3. The van der Waals surface area contributed by atoms with E-state index in [4.69, 9.17) is 0 Å². The Morgan fingerprint density at radius 3 is 2.62 bits per heavy atom. The maximum absolute atomic E-state index is 13.0. The van der Waals surface area contributed by atoms with Gasteiger partial charge in [0.2, 0.25) is 0 Å². The molecule has 2 unspecified atom stereocenters. The summed E-state index contributed by atoms with van der Waals surface area (Å²) < 4.78 is 1.80. The maximum Gasteiger partial charge on any atom is 0.316 e. The van der Waals surface area contributed by atoms with Crippen molar-refractivity contribution in [1.82, 2.24) is 20.4 Å². The van der Waals surface area contributed by atoms with Crippen LogP contribution in [0, 0.1) is 5.41 Å². The Hall–Kier alpha value is -2.83. The molecule has 1 aliphatic carbocycles. The van der Waals surface area contributed by atoms with Crippen LogP contribution in [0.5, 0.6) is 0 Å². The molecule has 0 bridgehead atoms. The van der Waals surface area contributed by atoms with Gasteiger partial charge in [-0.25, -0.2) is 9.48 Å². The van der Waals surface area contributed by atoms with Gasteiger partial charge < -0.3 is 10.6 Å². The molecule has 7 nitrogen and oxygen atoms in total. The van der Waals surface area contributed by atoms with E-state index in [2.05, 4.69) is 41.7 Å². The van der Waals surface area contributed by atoms with Crippen molar-refractivity contribution >= 4 is 17.8 Å². The highest BCUT2D eigenvalue weighted by Gasteiger charge is 2.63. The lowest BCUT2D eigenvalue weighted by atomic mass is 9.96. The average Bonchev–Trinajstić information content (AvgIpc) is 3.04. The first-order chi connectivity index (χ1) is 13.9. The minimum Gasteiger partial charge on any atom is -0.328 e. The molecule has 2 N–H and O–H groups in total. The van der Waals surface area contributed by atoms with Crippen LogP contribution in [0.2, 0.25) is 0 Å². The van der Waals surface area contributed by atoms with Crippen molar-refractivity contribution in [2.75, 3.05) is 11.4 Å². The highest BCUT2D eigenvalue weighted by atomic mass is 16.2.